The number of nitrogens with one attached hydrogen (secondary N) is 1. The van der Waals surface area contributed by atoms with Gasteiger partial charge in [-0.3, -0.25) is 4.90 Å². The average Bonchev–Trinajstić information content (AvgIpc) is 3.05. The highest BCUT2D eigenvalue weighted by Crippen LogP contribution is 2.29. The van der Waals surface area contributed by atoms with Crippen molar-refractivity contribution in [3.05, 3.63) is 54.1 Å². The van der Waals surface area contributed by atoms with Crippen molar-refractivity contribution in [3.8, 4) is 11.5 Å². The molecule has 0 spiro atoms. The maximum atomic E-state index is 12.3. The number of ether oxygens (including phenoxy) is 2. The first-order chi connectivity index (χ1) is 12.4. The number of hydrogen-bond acceptors (Lipinski definition) is 4. The molecule has 136 valence electrons. The van der Waals surface area contributed by atoms with Crippen LogP contribution in [0.25, 0.3) is 0 Å². The van der Waals surface area contributed by atoms with Crippen LogP contribution in [0.4, 0.5) is 10.5 Å². The second kappa shape index (κ2) is 7.47. The highest BCUT2D eigenvalue weighted by atomic mass is 16.6. The minimum absolute atomic E-state index is 0.0562. The van der Waals surface area contributed by atoms with Gasteiger partial charge in [-0.15, -0.1) is 0 Å². The quantitative estimate of drug-likeness (QED) is 0.676. The van der Waals surface area contributed by atoms with E-state index in [1.54, 1.807) is 31.3 Å². The highest BCUT2D eigenvalue weighted by molar-refractivity contribution is 5.91. The van der Waals surface area contributed by atoms with Gasteiger partial charge in [0.05, 0.1) is 0 Å². The zero-order valence-corrected chi connectivity index (χ0v) is 15.1. The van der Waals surface area contributed by atoms with Gasteiger partial charge >= 0.3 is 12.0 Å². The summed E-state index contributed by atoms with van der Waals surface area (Å²) in [6, 6.07) is 14.2. The van der Waals surface area contributed by atoms with E-state index in [1.165, 1.54) is 4.90 Å². The summed E-state index contributed by atoms with van der Waals surface area (Å²) < 4.78 is 11.0. The van der Waals surface area contributed by atoms with Crippen LogP contribution >= 0.6 is 0 Å². The van der Waals surface area contributed by atoms with Crippen LogP contribution < -0.4 is 19.7 Å². The molecule has 2 amide bonds. The summed E-state index contributed by atoms with van der Waals surface area (Å²) in [6.45, 7) is 3.80. The summed E-state index contributed by atoms with van der Waals surface area (Å²) in [6.07, 6.45) is -0.128. The topological polar surface area (TPSA) is 67.9 Å². The predicted molar refractivity (Wildman–Crippen MR) is 98.7 cm³/mol. The first-order valence-corrected chi connectivity index (χ1v) is 8.54. The molecule has 1 aliphatic rings. The number of para-hydroxylation sites is 1. The number of hydrogen-bond donors (Lipinski definition) is 1. The Kier molecular flexibility index (Phi) is 5.11. The lowest BCUT2D eigenvalue weighted by Crippen LogP contribution is -2.40. The third kappa shape index (κ3) is 3.96. The molecule has 1 heterocycles. The van der Waals surface area contributed by atoms with Gasteiger partial charge < -0.3 is 14.8 Å². The molecule has 1 N–H and O–H groups in total. The van der Waals surface area contributed by atoms with Crippen molar-refractivity contribution in [1.82, 2.24) is 5.32 Å². The van der Waals surface area contributed by atoms with Gasteiger partial charge in [0.25, 0.3) is 0 Å². The Balaban J connectivity index is 1.59. The van der Waals surface area contributed by atoms with Crippen molar-refractivity contribution in [2.75, 3.05) is 11.9 Å². The normalized spacial score (nSPS) is 15.2. The minimum atomic E-state index is -0.633. The first-order valence-electron chi connectivity index (χ1n) is 8.54. The zero-order valence-electron chi connectivity index (χ0n) is 15.1. The summed E-state index contributed by atoms with van der Waals surface area (Å²) in [5.74, 6) is 0.707. The van der Waals surface area contributed by atoms with Crippen LogP contribution in [0, 0.1) is 0 Å². The van der Waals surface area contributed by atoms with E-state index in [-0.39, 0.29) is 12.1 Å². The van der Waals surface area contributed by atoms with Crippen LogP contribution in [-0.2, 0) is 11.2 Å². The summed E-state index contributed by atoms with van der Waals surface area (Å²) in [5, 5.41) is 2.82. The maximum absolute atomic E-state index is 12.3. The Morgan fingerprint density at radius 1 is 1.15 bits per heavy atom. The van der Waals surface area contributed by atoms with E-state index in [0.717, 1.165) is 11.3 Å². The van der Waals surface area contributed by atoms with E-state index < -0.39 is 12.1 Å². The van der Waals surface area contributed by atoms with E-state index >= 15 is 0 Å². The van der Waals surface area contributed by atoms with Gasteiger partial charge in [-0.05, 0) is 49.7 Å². The molecule has 2 aromatic rings. The van der Waals surface area contributed by atoms with Crippen LogP contribution in [0.3, 0.4) is 0 Å². The van der Waals surface area contributed by atoms with Crippen LogP contribution in [0.15, 0.2) is 48.5 Å². The minimum Gasteiger partial charge on any atom is -0.478 e. The van der Waals surface area contributed by atoms with E-state index in [9.17, 15) is 9.59 Å². The SMILES string of the molecule is CC(C)NC(=O)N(C)c1ccc(OC(=O)C2Cc3ccccc3O2)cc1. The molecular weight excluding hydrogens is 332 g/mol. The van der Waals surface area contributed by atoms with E-state index in [2.05, 4.69) is 5.32 Å². The predicted octanol–water partition coefficient (Wildman–Crippen LogP) is 3.15. The van der Waals surface area contributed by atoms with Gasteiger partial charge in [-0.25, -0.2) is 9.59 Å². The molecule has 1 unspecified atom stereocenters. The van der Waals surface area contributed by atoms with Crippen molar-refractivity contribution < 1.29 is 19.1 Å². The van der Waals surface area contributed by atoms with Crippen LogP contribution in [0.1, 0.15) is 19.4 Å². The van der Waals surface area contributed by atoms with Crippen molar-refractivity contribution in [2.45, 2.75) is 32.4 Å². The summed E-state index contributed by atoms with van der Waals surface area (Å²) in [7, 11) is 1.68. The van der Waals surface area contributed by atoms with Gasteiger partial charge in [0.15, 0.2) is 6.10 Å². The van der Waals surface area contributed by atoms with Gasteiger partial charge in [-0.2, -0.15) is 0 Å². The third-order valence-corrected chi connectivity index (χ3v) is 4.07. The highest BCUT2D eigenvalue weighted by Gasteiger charge is 2.30. The lowest BCUT2D eigenvalue weighted by Gasteiger charge is -2.20. The Morgan fingerprint density at radius 3 is 2.50 bits per heavy atom. The van der Waals surface area contributed by atoms with Gasteiger partial charge in [0.2, 0.25) is 0 Å². The molecule has 6 nitrogen and oxygen atoms in total. The van der Waals surface area contributed by atoms with Gasteiger partial charge in [0.1, 0.15) is 11.5 Å². The molecule has 0 radical (unpaired) electrons. The molecule has 0 saturated heterocycles. The lowest BCUT2D eigenvalue weighted by molar-refractivity contribution is -0.141. The smallest absolute Gasteiger partial charge is 0.353 e. The second-order valence-corrected chi connectivity index (χ2v) is 6.50. The number of carbonyl (C=O) groups excluding carboxylic acids is 2. The monoisotopic (exact) mass is 354 g/mol. The lowest BCUT2D eigenvalue weighted by atomic mass is 10.1. The second-order valence-electron chi connectivity index (χ2n) is 6.50. The number of carbonyl (C=O) groups is 2. The standard InChI is InChI=1S/C20H22N2O4/c1-13(2)21-20(24)22(3)15-8-10-16(11-9-15)25-19(23)18-12-14-6-4-5-7-17(14)26-18/h4-11,13,18H,12H2,1-3H3,(H,21,24). The number of nitrogens with zero attached hydrogens (tertiary/aromatic N) is 1. The Bertz CT molecular complexity index is 777. The van der Waals surface area contributed by atoms with E-state index in [1.807, 2.05) is 38.1 Å². The maximum Gasteiger partial charge on any atom is 0.353 e. The van der Waals surface area contributed by atoms with Crippen LogP contribution in [0.5, 0.6) is 11.5 Å². The number of amides is 2. The van der Waals surface area contributed by atoms with Crippen molar-refractivity contribution in [2.24, 2.45) is 0 Å². The molecule has 1 atom stereocenters. The van der Waals surface area contributed by atoms with Crippen LogP contribution in [-0.4, -0.2) is 31.2 Å². The zero-order chi connectivity index (χ0) is 18.7. The molecule has 0 fully saturated rings. The molecule has 0 aromatic heterocycles. The largest absolute Gasteiger partial charge is 0.478 e. The molecule has 3 rings (SSSR count). The number of benzene rings is 2. The van der Waals surface area contributed by atoms with Crippen LogP contribution in [0.2, 0.25) is 0 Å². The average molecular weight is 354 g/mol. The van der Waals surface area contributed by atoms with Crippen molar-refractivity contribution in [3.63, 3.8) is 0 Å². The summed E-state index contributed by atoms with van der Waals surface area (Å²) in [5.41, 5.74) is 1.70. The molecule has 0 bridgehead atoms. The molecule has 26 heavy (non-hydrogen) atoms. The Hall–Kier alpha value is -3.02. The molecule has 0 aliphatic carbocycles. The number of anilines is 1. The molecular formula is C20H22N2O4. The Labute approximate surface area is 152 Å². The fourth-order valence-electron chi connectivity index (χ4n) is 2.69. The summed E-state index contributed by atoms with van der Waals surface area (Å²) >= 11 is 0. The molecule has 2 aromatic carbocycles. The number of esters is 1. The third-order valence-electron chi connectivity index (χ3n) is 4.07. The summed E-state index contributed by atoms with van der Waals surface area (Å²) in [4.78, 5) is 25.8. The van der Waals surface area contributed by atoms with E-state index in [0.29, 0.717) is 17.9 Å². The van der Waals surface area contributed by atoms with E-state index in [4.69, 9.17) is 9.47 Å². The van der Waals surface area contributed by atoms with Crippen molar-refractivity contribution in [1.29, 1.82) is 0 Å². The molecule has 6 heteroatoms. The fraction of sp³-hybridized carbons (Fsp3) is 0.300. The van der Waals surface area contributed by atoms with Crippen molar-refractivity contribution >= 4 is 17.7 Å². The Morgan fingerprint density at radius 2 is 1.85 bits per heavy atom. The fourth-order valence-corrected chi connectivity index (χ4v) is 2.69. The van der Waals surface area contributed by atoms with Gasteiger partial charge in [-0.1, -0.05) is 18.2 Å². The number of fused-ring (bicyclic) bond motifs is 1. The number of rotatable bonds is 4. The molecule has 0 saturated carbocycles. The van der Waals surface area contributed by atoms with Gasteiger partial charge in [0, 0.05) is 25.2 Å². The first kappa shape index (κ1) is 17.8. The molecule has 1 aliphatic heterocycles. The number of urea groups is 1.